The first-order chi connectivity index (χ1) is 31.2. The number of phosphoric acid groups is 2. The van der Waals surface area contributed by atoms with E-state index in [4.69, 9.17) is 24.5 Å². The summed E-state index contributed by atoms with van der Waals surface area (Å²) in [5, 5.41) is 69.6. The van der Waals surface area contributed by atoms with Crippen molar-refractivity contribution in [2.24, 2.45) is 5.73 Å². The number of carbonyl (C=O) groups is 6. The van der Waals surface area contributed by atoms with E-state index in [1.807, 2.05) is 4.98 Å². The smallest absolute Gasteiger partial charge is 0.480 e. The lowest BCUT2D eigenvalue weighted by Gasteiger charge is -2.44. The van der Waals surface area contributed by atoms with Gasteiger partial charge in [-0.2, -0.15) is 4.31 Å². The largest absolute Gasteiger partial charge is 0.483 e. The zero-order chi connectivity index (χ0) is 50.6. The van der Waals surface area contributed by atoms with Crippen LogP contribution in [0.5, 0.6) is 0 Å². The minimum Gasteiger partial charge on any atom is -0.480 e. The van der Waals surface area contributed by atoms with Gasteiger partial charge in [0.25, 0.3) is 5.56 Å². The van der Waals surface area contributed by atoms with Crippen molar-refractivity contribution in [2.75, 3.05) is 19.8 Å². The molecule has 15 N–H and O–H groups in total. The van der Waals surface area contributed by atoms with E-state index in [9.17, 15) is 87.9 Å². The van der Waals surface area contributed by atoms with Gasteiger partial charge in [-0.05, 0) is 46.1 Å². The molecule has 0 spiro atoms. The summed E-state index contributed by atoms with van der Waals surface area (Å²) in [7, 11) is -11.7. The van der Waals surface area contributed by atoms with Gasteiger partial charge in [-0.25, -0.2) is 23.5 Å². The number of ether oxygens (including phenoxy) is 3. The molecule has 67 heavy (non-hydrogen) atoms. The second-order valence-corrected chi connectivity index (χ2v) is 18.1. The fraction of sp³-hybridized carbons (Fsp3) is 0.706. The van der Waals surface area contributed by atoms with Gasteiger partial charge in [0.1, 0.15) is 66.9 Å². The summed E-state index contributed by atoms with van der Waals surface area (Å²) in [6.45, 7) is 1.20. The monoisotopic (exact) mass is 1010 g/mol. The molecular weight excluding hydrogens is 952 g/mol. The minimum absolute atomic E-state index is 0.0653. The van der Waals surface area contributed by atoms with Gasteiger partial charge in [0.15, 0.2) is 12.5 Å². The van der Waals surface area contributed by atoms with Crippen molar-refractivity contribution < 1.29 is 106 Å². The molecule has 2 fully saturated rings. The van der Waals surface area contributed by atoms with E-state index in [1.54, 1.807) is 0 Å². The third kappa shape index (κ3) is 16.9. The predicted octanol–water partition coefficient (Wildman–Crippen LogP) is -5.68. The predicted molar refractivity (Wildman–Crippen MR) is 218 cm³/mol. The topological polar surface area (TPSA) is 483 Å². The van der Waals surface area contributed by atoms with E-state index in [0.29, 0.717) is 24.0 Å². The lowest BCUT2D eigenvalue weighted by molar-refractivity contribution is -0.261. The minimum atomic E-state index is -5.92. The normalized spacial score (nSPS) is 27.5. The Morgan fingerprint density at radius 3 is 2.10 bits per heavy atom. The number of rotatable bonds is 26. The van der Waals surface area contributed by atoms with Crippen LogP contribution >= 0.6 is 15.6 Å². The molecule has 15 atom stereocenters. The van der Waals surface area contributed by atoms with Gasteiger partial charge in [-0.15, -0.1) is 0 Å². The molecule has 1 aromatic heterocycles. The maximum absolute atomic E-state index is 13.2. The lowest BCUT2D eigenvalue weighted by Crippen LogP contribution is -2.66. The van der Waals surface area contributed by atoms with Crippen LogP contribution in [0.15, 0.2) is 21.9 Å². The van der Waals surface area contributed by atoms with E-state index in [1.165, 1.54) is 0 Å². The van der Waals surface area contributed by atoms with Crippen LogP contribution in [0, 0.1) is 0 Å². The number of aromatic nitrogens is 2. The van der Waals surface area contributed by atoms with E-state index in [-0.39, 0.29) is 6.42 Å². The van der Waals surface area contributed by atoms with Crippen molar-refractivity contribution in [2.45, 2.75) is 132 Å². The number of H-pyrrole nitrogens is 1. The second-order valence-electron chi connectivity index (χ2n) is 15.1. The number of carboxylic acids is 2. The number of hydrogen-bond donors (Lipinski definition) is 14. The Kier molecular flexibility index (Phi) is 21.3. The Morgan fingerprint density at radius 1 is 0.881 bits per heavy atom. The number of unbranched alkanes of at least 4 members (excludes halogenated alkanes) is 1. The highest BCUT2D eigenvalue weighted by Crippen LogP contribution is 2.61. The van der Waals surface area contributed by atoms with Gasteiger partial charge in [0.2, 0.25) is 23.6 Å². The second kappa shape index (κ2) is 25.2. The first-order valence-corrected chi connectivity index (χ1v) is 23.2. The lowest BCUT2D eigenvalue weighted by atomic mass is 9.96. The number of nitrogens with zero attached hydrogens (tertiary/aromatic N) is 1. The zero-order valence-electron chi connectivity index (χ0n) is 35.8. The molecule has 380 valence electrons. The quantitative estimate of drug-likeness (QED) is 0.0304. The molecule has 3 heterocycles. The summed E-state index contributed by atoms with van der Waals surface area (Å²) in [4.78, 5) is 121. The molecule has 4 amide bonds. The zero-order valence-corrected chi connectivity index (χ0v) is 37.6. The molecule has 2 unspecified atom stereocenters. The SMILES string of the molecule is CC(=O)N[C@H]1[C@@H](OP(=O)(O)OP(=O)(O)OC[C@H]2O[C@@H](n3ccc(=O)[nH]c3=O)[C@H](O)[C@@H]2O)O[C@H](CO)[C@@H](O)[C@@H]1O[C@H](C)C(=O)N[C@@H](C)C(=O)N[C@H](CCC(=O)N[C@@H](CCCCN)C(=O)O)C(=O)O. The third-order valence-corrected chi connectivity index (χ3v) is 12.5. The Bertz CT molecular complexity index is 2130. The molecule has 0 radical (unpaired) electrons. The van der Waals surface area contributed by atoms with Crippen LogP contribution in [-0.2, 0) is 65.5 Å². The Balaban J connectivity index is 1.66. The van der Waals surface area contributed by atoms with Crippen molar-refractivity contribution in [3.63, 3.8) is 0 Å². The van der Waals surface area contributed by atoms with Crippen molar-refractivity contribution >= 4 is 51.2 Å². The van der Waals surface area contributed by atoms with E-state index in [0.717, 1.165) is 33.0 Å². The summed E-state index contributed by atoms with van der Waals surface area (Å²) in [6, 6.07) is -5.48. The number of carboxylic acid groups (broad SMARTS) is 2. The fourth-order valence-electron chi connectivity index (χ4n) is 6.44. The summed E-state index contributed by atoms with van der Waals surface area (Å²) in [6.07, 6.45) is -15.9. The molecule has 3 rings (SSSR count). The van der Waals surface area contributed by atoms with E-state index >= 15 is 0 Å². The molecule has 0 aliphatic carbocycles. The van der Waals surface area contributed by atoms with Crippen molar-refractivity contribution in [3.05, 3.63) is 33.1 Å². The Morgan fingerprint density at radius 2 is 1.52 bits per heavy atom. The standard InChI is InChI=1S/C34H55N7O24P2/c1-14(28(49)39-18(32(53)54)7-8-21(44)38-17(31(51)52)6-4-5-10-35)36-29(50)15(2)61-27-23(37-16(3)43)33(63-19(12-42)25(27)47)64-67(58,59)65-66(56,57)60-13-20-24(46)26(48)30(62-20)41-11-9-22(45)40-34(41)55/h9,11,14-15,17-20,23-27,30,33,42,46-48H,4-8,10,12-13,35H2,1-3H3,(H,36,50)(H,37,43)(H,38,44)(H,39,49)(H,51,52)(H,53,54)(H,56,57)(H,58,59)(H,40,45,55)/t14-,15+,17-,18+,19+,20+,23+,24+,25+,26+,27+,30+,33+/m0/s1. The van der Waals surface area contributed by atoms with Gasteiger partial charge < -0.3 is 81.6 Å². The van der Waals surface area contributed by atoms with Crippen LogP contribution in [0.4, 0.5) is 0 Å². The van der Waals surface area contributed by atoms with Crippen LogP contribution < -0.4 is 38.2 Å². The number of hydrogen-bond acceptors (Lipinski definition) is 21. The van der Waals surface area contributed by atoms with Crippen molar-refractivity contribution in [3.8, 4) is 0 Å². The summed E-state index contributed by atoms with van der Waals surface area (Å²) in [5.74, 6) is -6.84. The number of aliphatic hydroxyl groups is 4. The maximum Gasteiger partial charge on any atom is 0.483 e. The Hall–Kier alpha value is -4.56. The number of carbonyl (C=O) groups excluding carboxylic acids is 4. The van der Waals surface area contributed by atoms with Crippen LogP contribution in [-0.4, -0.2) is 178 Å². The van der Waals surface area contributed by atoms with E-state index < -0.39 is 168 Å². The molecule has 1 aromatic rings. The van der Waals surface area contributed by atoms with Gasteiger partial charge in [0, 0.05) is 25.6 Å². The average Bonchev–Trinajstić information content (AvgIpc) is 3.51. The highest BCUT2D eigenvalue weighted by molar-refractivity contribution is 7.61. The van der Waals surface area contributed by atoms with Crippen molar-refractivity contribution in [1.82, 2.24) is 30.8 Å². The summed E-state index contributed by atoms with van der Waals surface area (Å²) in [5.41, 5.74) is 3.54. The molecule has 2 aliphatic rings. The van der Waals surface area contributed by atoms with Crippen LogP contribution in [0.3, 0.4) is 0 Å². The van der Waals surface area contributed by atoms with Gasteiger partial charge in [0.05, 0.1) is 13.2 Å². The summed E-state index contributed by atoms with van der Waals surface area (Å²) >= 11 is 0. The number of aliphatic carboxylic acids is 2. The number of amides is 4. The number of nitrogens with one attached hydrogen (secondary N) is 5. The molecule has 0 aromatic carbocycles. The van der Waals surface area contributed by atoms with Crippen molar-refractivity contribution in [1.29, 1.82) is 0 Å². The molecule has 2 aliphatic heterocycles. The summed E-state index contributed by atoms with van der Waals surface area (Å²) < 4.78 is 56.8. The van der Waals surface area contributed by atoms with Crippen LogP contribution in [0.2, 0.25) is 0 Å². The molecule has 31 nitrogen and oxygen atoms in total. The average molecular weight is 1010 g/mol. The molecule has 2 saturated heterocycles. The molecular formula is C34H55N7O24P2. The Labute approximate surface area is 378 Å². The number of nitrogens with two attached hydrogens (primary N) is 1. The van der Waals surface area contributed by atoms with Crippen LogP contribution in [0.25, 0.3) is 0 Å². The first-order valence-electron chi connectivity index (χ1n) is 20.2. The number of phosphoric ester groups is 2. The van der Waals surface area contributed by atoms with Crippen LogP contribution in [0.1, 0.15) is 59.1 Å². The maximum atomic E-state index is 13.2. The number of aromatic amines is 1. The molecule has 0 bridgehead atoms. The van der Waals surface area contributed by atoms with Gasteiger partial charge in [-0.1, -0.05) is 0 Å². The first kappa shape index (κ1) is 56.8. The molecule has 0 saturated carbocycles. The third-order valence-electron chi connectivity index (χ3n) is 9.87. The van der Waals surface area contributed by atoms with Gasteiger partial charge >= 0.3 is 33.3 Å². The highest BCUT2D eigenvalue weighted by atomic mass is 31.3. The van der Waals surface area contributed by atoms with Gasteiger partial charge in [-0.3, -0.25) is 42.6 Å². The molecule has 33 heteroatoms. The van der Waals surface area contributed by atoms with E-state index in [2.05, 4.69) is 30.1 Å². The highest BCUT2D eigenvalue weighted by Gasteiger charge is 2.52. The number of aliphatic hydroxyl groups excluding tert-OH is 4. The fourth-order valence-corrected chi connectivity index (χ4v) is 8.61.